The third-order valence-electron chi connectivity index (χ3n) is 1.48. The molecule has 13 heavy (non-hydrogen) atoms. The van der Waals surface area contributed by atoms with Crippen LogP contribution in [0.4, 0.5) is 0 Å². The van der Waals surface area contributed by atoms with Gasteiger partial charge < -0.3 is 4.74 Å². The van der Waals surface area contributed by atoms with E-state index in [0.717, 1.165) is 19.2 Å². The van der Waals surface area contributed by atoms with E-state index in [-0.39, 0.29) is 6.23 Å². The van der Waals surface area contributed by atoms with E-state index >= 15 is 0 Å². The molecule has 1 atom stereocenters. The van der Waals surface area contributed by atoms with Crippen LogP contribution in [0.2, 0.25) is 0 Å². The van der Waals surface area contributed by atoms with Gasteiger partial charge in [0.15, 0.2) is 6.23 Å². The number of hydrogen-bond acceptors (Lipinski definition) is 5. The molecular weight excluding hydrogens is 172 g/mol. The van der Waals surface area contributed by atoms with Crippen molar-refractivity contribution in [1.29, 1.82) is 0 Å². The second-order valence-corrected chi connectivity index (χ2v) is 2.69. The van der Waals surface area contributed by atoms with Crippen LogP contribution in [0.5, 0.6) is 0 Å². The Balaban J connectivity index is 1.98. The summed E-state index contributed by atoms with van der Waals surface area (Å²) in [5, 5.41) is 4.67. The summed E-state index contributed by atoms with van der Waals surface area (Å²) in [6.45, 7) is 7.32. The summed E-state index contributed by atoms with van der Waals surface area (Å²) in [6.07, 6.45) is 0.772. The fourth-order valence-corrected chi connectivity index (χ4v) is 0.680. The minimum Gasteiger partial charge on any atom is -0.444 e. The van der Waals surface area contributed by atoms with Crippen molar-refractivity contribution in [1.82, 2.24) is 10.4 Å². The van der Waals surface area contributed by atoms with Crippen LogP contribution in [0.25, 0.3) is 0 Å². The normalized spacial score (nSPS) is 17.9. The average molecular weight is 186 g/mol. The minimum absolute atomic E-state index is 0.353. The zero-order valence-corrected chi connectivity index (χ0v) is 7.66. The summed E-state index contributed by atoms with van der Waals surface area (Å²) in [4.78, 5) is 15.8. The summed E-state index contributed by atoms with van der Waals surface area (Å²) in [5.41, 5.74) is 0. The highest BCUT2D eigenvalue weighted by atomic mass is 16.7. The van der Waals surface area contributed by atoms with Crippen LogP contribution >= 0.6 is 0 Å². The molecule has 5 heteroatoms. The molecule has 1 aliphatic rings. The number of rotatable bonds is 6. The number of carbonyl (C=O) groups is 1. The number of hydrogen-bond donors (Lipinski definition) is 1. The number of nitrogens with one attached hydrogen (secondary N) is 1. The summed E-state index contributed by atoms with van der Waals surface area (Å²) in [6, 6.07) is 0. The summed E-state index contributed by atoms with van der Waals surface area (Å²) < 4.78 is 4.84. The van der Waals surface area contributed by atoms with Crippen LogP contribution < -0.4 is 5.32 Å². The van der Waals surface area contributed by atoms with Crippen molar-refractivity contribution in [3.8, 4) is 0 Å². The number of esters is 1. The zero-order valence-electron chi connectivity index (χ0n) is 7.66. The molecule has 1 heterocycles. The lowest BCUT2D eigenvalue weighted by molar-refractivity contribution is -0.147. The van der Waals surface area contributed by atoms with Gasteiger partial charge in [-0.05, 0) is 6.92 Å². The van der Waals surface area contributed by atoms with E-state index in [1.807, 2.05) is 0 Å². The van der Waals surface area contributed by atoms with Gasteiger partial charge in [-0.15, -0.1) is 0 Å². The Morgan fingerprint density at radius 2 is 2.46 bits per heavy atom. The Hall–Kier alpha value is -0.910. The first-order valence-corrected chi connectivity index (χ1v) is 4.16. The van der Waals surface area contributed by atoms with Gasteiger partial charge in [0.05, 0.1) is 0 Å². The zero-order chi connectivity index (χ0) is 9.68. The lowest BCUT2D eigenvalue weighted by Crippen LogP contribution is -2.33. The number of hydroxylamine groups is 2. The molecular formula is C8H14N2O3. The third-order valence-corrected chi connectivity index (χ3v) is 1.48. The van der Waals surface area contributed by atoms with E-state index in [4.69, 9.17) is 9.57 Å². The van der Waals surface area contributed by atoms with Crippen molar-refractivity contribution in [3.05, 3.63) is 12.7 Å². The minimum atomic E-state index is -0.438. The Kier molecular flexibility index (Phi) is 3.88. The first-order valence-electron chi connectivity index (χ1n) is 4.16. The molecule has 1 aliphatic heterocycles. The summed E-state index contributed by atoms with van der Waals surface area (Å²) >= 11 is 0. The van der Waals surface area contributed by atoms with Crippen LogP contribution in [-0.4, -0.2) is 37.1 Å². The molecule has 1 fully saturated rings. The molecule has 1 unspecified atom stereocenters. The maximum atomic E-state index is 10.7. The van der Waals surface area contributed by atoms with E-state index in [0.29, 0.717) is 6.73 Å². The highest BCUT2D eigenvalue weighted by molar-refractivity contribution is 5.81. The maximum Gasteiger partial charge on any atom is 0.331 e. The van der Waals surface area contributed by atoms with Gasteiger partial charge in [-0.25, -0.2) is 4.79 Å². The molecule has 5 nitrogen and oxygen atoms in total. The Labute approximate surface area is 77.3 Å². The van der Waals surface area contributed by atoms with Crippen molar-refractivity contribution < 1.29 is 14.4 Å². The van der Waals surface area contributed by atoms with Crippen molar-refractivity contribution in [2.75, 3.05) is 19.8 Å². The van der Waals surface area contributed by atoms with Crippen LogP contribution in [0.3, 0.4) is 0 Å². The second kappa shape index (κ2) is 4.96. The highest BCUT2D eigenvalue weighted by Crippen LogP contribution is 2.02. The van der Waals surface area contributed by atoms with Gasteiger partial charge in [0.1, 0.15) is 6.73 Å². The molecule has 1 N–H and O–H groups in total. The molecule has 0 amide bonds. The summed E-state index contributed by atoms with van der Waals surface area (Å²) in [5.74, 6) is -0.438. The maximum absolute atomic E-state index is 10.7. The standard InChI is InChI=1S/C8H14N2O3/c1-3-8(11)13-7(2)9-6-12-10-4-5-10/h3,7,9H,1,4-6H2,2H3. The summed E-state index contributed by atoms with van der Waals surface area (Å²) in [7, 11) is 0. The first-order chi connectivity index (χ1) is 6.22. The lowest BCUT2D eigenvalue weighted by atomic mass is 10.6. The van der Waals surface area contributed by atoms with Crippen LogP contribution in [0, 0.1) is 0 Å². The molecule has 1 saturated heterocycles. The molecule has 74 valence electrons. The Bertz CT molecular complexity index is 192. The molecule has 0 aromatic rings. The van der Waals surface area contributed by atoms with Crippen molar-refractivity contribution >= 4 is 5.97 Å². The monoisotopic (exact) mass is 186 g/mol. The molecule has 0 spiro atoms. The van der Waals surface area contributed by atoms with Gasteiger partial charge in [0.2, 0.25) is 0 Å². The SMILES string of the molecule is C=CC(=O)OC(C)NCON1CC1. The van der Waals surface area contributed by atoms with Crippen molar-refractivity contribution in [3.63, 3.8) is 0 Å². The van der Waals surface area contributed by atoms with Gasteiger partial charge in [-0.2, -0.15) is 5.06 Å². The van der Waals surface area contributed by atoms with E-state index in [1.165, 1.54) is 0 Å². The predicted molar refractivity (Wildman–Crippen MR) is 46.4 cm³/mol. The average Bonchev–Trinajstić information content (AvgIpc) is 2.88. The molecule has 1 rings (SSSR count). The quantitative estimate of drug-likeness (QED) is 0.271. The second-order valence-electron chi connectivity index (χ2n) is 2.69. The smallest absolute Gasteiger partial charge is 0.331 e. The predicted octanol–water partition coefficient (Wildman–Crippen LogP) is -0.144. The van der Waals surface area contributed by atoms with E-state index in [1.54, 1.807) is 12.0 Å². The van der Waals surface area contributed by atoms with Crippen LogP contribution in [0.15, 0.2) is 12.7 Å². The molecule has 0 radical (unpaired) electrons. The molecule has 0 aromatic carbocycles. The number of nitrogens with zero attached hydrogens (tertiary/aromatic N) is 1. The van der Waals surface area contributed by atoms with Crippen molar-refractivity contribution in [2.45, 2.75) is 13.2 Å². The molecule has 0 aliphatic carbocycles. The molecule has 0 saturated carbocycles. The largest absolute Gasteiger partial charge is 0.444 e. The van der Waals surface area contributed by atoms with Crippen LogP contribution in [0.1, 0.15) is 6.92 Å². The molecule has 0 bridgehead atoms. The van der Waals surface area contributed by atoms with E-state index in [2.05, 4.69) is 11.9 Å². The van der Waals surface area contributed by atoms with Gasteiger partial charge in [0.25, 0.3) is 0 Å². The van der Waals surface area contributed by atoms with E-state index < -0.39 is 5.97 Å². The Morgan fingerprint density at radius 3 is 3.00 bits per heavy atom. The third kappa shape index (κ3) is 4.62. The van der Waals surface area contributed by atoms with E-state index in [9.17, 15) is 4.79 Å². The Morgan fingerprint density at radius 1 is 1.77 bits per heavy atom. The first kappa shape index (κ1) is 10.2. The fraction of sp³-hybridized carbons (Fsp3) is 0.625. The molecule has 0 aromatic heterocycles. The topological polar surface area (TPSA) is 50.6 Å². The fourth-order valence-electron chi connectivity index (χ4n) is 0.680. The van der Waals surface area contributed by atoms with Crippen LogP contribution in [-0.2, 0) is 14.4 Å². The van der Waals surface area contributed by atoms with Gasteiger partial charge >= 0.3 is 5.97 Å². The van der Waals surface area contributed by atoms with Crippen molar-refractivity contribution in [2.24, 2.45) is 0 Å². The lowest BCUT2D eigenvalue weighted by Gasteiger charge is -2.13. The van der Waals surface area contributed by atoms with Gasteiger partial charge in [-0.3, -0.25) is 10.2 Å². The number of ether oxygens (including phenoxy) is 1. The van der Waals surface area contributed by atoms with Gasteiger partial charge in [0, 0.05) is 19.2 Å². The highest BCUT2D eigenvalue weighted by Gasteiger charge is 2.17. The number of carbonyl (C=O) groups excluding carboxylic acids is 1. The van der Waals surface area contributed by atoms with Gasteiger partial charge in [-0.1, -0.05) is 6.58 Å².